The molecule has 1 unspecified atom stereocenters. The van der Waals surface area contributed by atoms with Crippen molar-refractivity contribution in [3.8, 4) is 0 Å². The Labute approximate surface area is 102 Å². The van der Waals surface area contributed by atoms with Crippen molar-refractivity contribution in [1.29, 1.82) is 0 Å². The fraction of sp³-hybridized carbons (Fsp3) is 0.556. The number of carboxylic acids is 1. The summed E-state index contributed by atoms with van der Waals surface area (Å²) in [5, 5.41) is 8.70. The van der Waals surface area contributed by atoms with Gasteiger partial charge in [-0.2, -0.15) is 0 Å². The third-order valence-corrected chi connectivity index (χ3v) is 3.20. The maximum Gasteiger partial charge on any atom is 0.303 e. The van der Waals surface area contributed by atoms with E-state index in [-0.39, 0.29) is 24.7 Å². The largest absolute Gasteiger partial charge is 0.481 e. The third kappa shape index (κ3) is 2.72. The molecule has 1 aromatic heterocycles. The molecule has 4 nitrogen and oxygen atoms in total. The van der Waals surface area contributed by atoms with Gasteiger partial charge in [0.2, 0.25) is 0 Å². The smallest absolute Gasteiger partial charge is 0.303 e. The number of carbonyl (C=O) groups is 1. The van der Waals surface area contributed by atoms with Gasteiger partial charge in [-0.1, -0.05) is 0 Å². The molecule has 0 aromatic carbocycles. The fourth-order valence-corrected chi connectivity index (χ4v) is 2.33. The topological polar surface area (TPSA) is 55.1 Å². The van der Waals surface area contributed by atoms with E-state index in [0.717, 1.165) is 29.8 Å². The van der Waals surface area contributed by atoms with Gasteiger partial charge >= 0.3 is 5.97 Å². The number of hydrogen-bond acceptors (Lipinski definition) is 2. The van der Waals surface area contributed by atoms with Gasteiger partial charge in [-0.3, -0.25) is 4.79 Å². The number of imidazole rings is 1. The zero-order valence-electron chi connectivity index (χ0n) is 8.02. The highest BCUT2D eigenvalue weighted by Gasteiger charge is 2.22. The Balaban J connectivity index is 0.00000112. The van der Waals surface area contributed by atoms with Gasteiger partial charge in [-0.25, -0.2) is 4.98 Å². The highest BCUT2D eigenvalue weighted by atomic mass is 79.9. The molecule has 0 spiro atoms. The van der Waals surface area contributed by atoms with E-state index < -0.39 is 5.97 Å². The van der Waals surface area contributed by atoms with Crippen molar-refractivity contribution in [2.24, 2.45) is 5.92 Å². The van der Waals surface area contributed by atoms with Gasteiger partial charge in [0.15, 0.2) is 0 Å². The van der Waals surface area contributed by atoms with Crippen LogP contribution in [0.1, 0.15) is 18.7 Å². The van der Waals surface area contributed by atoms with Crippen LogP contribution in [0.15, 0.2) is 10.8 Å². The molecule has 1 N–H and O–H groups in total. The predicted molar refractivity (Wildman–Crippen MR) is 61.2 cm³/mol. The lowest BCUT2D eigenvalue weighted by atomic mass is 9.96. The first-order valence-corrected chi connectivity index (χ1v) is 5.38. The van der Waals surface area contributed by atoms with Crippen molar-refractivity contribution in [2.75, 3.05) is 0 Å². The van der Waals surface area contributed by atoms with Gasteiger partial charge in [-0.15, -0.1) is 12.4 Å². The van der Waals surface area contributed by atoms with Crippen molar-refractivity contribution in [3.05, 3.63) is 16.6 Å². The lowest BCUT2D eigenvalue weighted by Gasteiger charge is -2.22. The first kappa shape index (κ1) is 12.5. The van der Waals surface area contributed by atoms with Gasteiger partial charge in [0, 0.05) is 19.4 Å². The summed E-state index contributed by atoms with van der Waals surface area (Å²) in [5.74, 6) is 0.582. The molecule has 0 bridgehead atoms. The molecule has 2 heterocycles. The molecular formula is C9H12BrClN2O2. The van der Waals surface area contributed by atoms with Gasteiger partial charge in [0.05, 0.1) is 6.20 Å². The summed E-state index contributed by atoms with van der Waals surface area (Å²) in [6.07, 6.45) is 3.84. The summed E-state index contributed by atoms with van der Waals surface area (Å²) >= 11 is 3.40. The Morgan fingerprint density at radius 3 is 3.13 bits per heavy atom. The highest BCUT2D eigenvalue weighted by Crippen LogP contribution is 2.25. The molecule has 84 valence electrons. The molecular weight excluding hydrogens is 283 g/mol. The van der Waals surface area contributed by atoms with E-state index in [2.05, 4.69) is 25.5 Å². The molecule has 15 heavy (non-hydrogen) atoms. The number of halogens is 2. The van der Waals surface area contributed by atoms with Gasteiger partial charge in [0.25, 0.3) is 0 Å². The summed E-state index contributed by atoms with van der Waals surface area (Å²) in [4.78, 5) is 14.8. The van der Waals surface area contributed by atoms with E-state index in [4.69, 9.17) is 5.11 Å². The lowest BCUT2D eigenvalue weighted by molar-refractivity contribution is -0.138. The second kappa shape index (κ2) is 4.99. The quantitative estimate of drug-likeness (QED) is 0.909. The maximum absolute atomic E-state index is 10.6. The van der Waals surface area contributed by atoms with Crippen molar-refractivity contribution < 1.29 is 9.90 Å². The zero-order chi connectivity index (χ0) is 10.1. The van der Waals surface area contributed by atoms with Crippen LogP contribution < -0.4 is 0 Å². The monoisotopic (exact) mass is 294 g/mol. The number of aromatic nitrogens is 2. The number of rotatable bonds is 2. The molecule has 0 fully saturated rings. The molecule has 2 rings (SSSR count). The van der Waals surface area contributed by atoms with Crippen molar-refractivity contribution in [2.45, 2.75) is 25.8 Å². The summed E-state index contributed by atoms with van der Waals surface area (Å²) in [6, 6.07) is 0. The summed E-state index contributed by atoms with van der Waals surface area (Å²) in [6.45, 7) is 0.766. The molecule has 1 aliphatic rings. The van der Waals surface area contributed by atoms with Crippen molar-refractivity contribution in [1.82, 2.24) is 9.55 Å². The average Bonchev–Trinajstić information content (AvgIpc) is 2.47. The number of aliphatic carboxylic acids is 1. The Bertz CT molecular complexity index is 367. The minimum absolute atomic E-state index is 0. The van der Waals surface area contributed by atoms with E-state index in [1.54, 1.807) is 6.20 Å². The van der Waals surface area contributed by atoms with Crippen LogP contribution in [0, 0.1) is 5.92 Å². The number of nitrogens with zero attached hydrogens (tertiary/aromatic N) is 2. The van der Waals surface area contributed by atoms with E-state index in [1.165, 1.54) is 0 Å². The first-order valence-electron chi connectivity index (χ1n) is 4.58. The Morgan fingerprint density at radius 1 is 1.73 bits per heavy atom. The summed E-state index contributed by atoms with van der Waals surface area (Å²) in [5.41, 5.74) is 0. The number of aryl methyl sites for hydroxylation is 1. The number of carboxylic acid groups (broad SMARTS) is 1. The molecule has 0 saturated heterocycles. The van der Waals surface area contributed by atoms with Crippen LogP contribution in [0.3, 0.4) is 0 Å². The maximum atomic E-state index is 10.6. The lowest BCUT2D eigenvalue weighted by Crippen LogP contribution is -2.22. The van der Waals surface area contributed by atoms with Crippen molar-refractivity contribution >= 4 is 34.3 Å². The molecule has 0 aliphatic carbocycles. The van der Waals surface area contributed by atoms with E-state index in [0.29, 0.717) is 0 Å². The van der Waals surface area contributed by atoms with Crippen LogP contribution in [0.2, 0.25) is 0 Å². The number of hydrogen-bond donors (Lipinski definition) is 1. The van der Waals surface area contributed by atoms with Crippen LogP contribution >= 0.6 is 28.3 Å². The van der Waals surface area contributed by atoms with Crippen LogP contribution in [-0.4, -0.2) is 20.6 Å². The fourth-order valence-electron chi connectivity index (χ4n) is 1.88. The minimum Gasteiger partial charge on any atom is -0.481 e. The average molecular weight is 296 g/mol. The van der Waals surface area contributed by atoms with Crippen LogP contribution in [-0.2, 0) is 17.8 Å². The highest BCUT2D eigenvalue weighted by molar-refractivity contribution is 9.10. The Kier molecular flexibility index (Phi) is 4.16. The van der Waals surface area contributed by atoms with Gasteiger partial charge in [0.1, 0.15) is 10.4 Å². The second-order valence-corrected chi connectivity index (χ2v) is 4.42. The van der Waals surface area contributed by atoms with Crippen LogP contribution in [0.4, 0.5) is 0 Å². The molecule has 0 radical (unpaired) electrons. The molecule has 6 heteroatoms. The summed E-state index contributed by atoms with van der Waals surface area (Å²) in [7, 11) is 0. The van der Waals surface area contributed by atoms with Crippen LogP contribution in [0.25, 0.3) is 0 Å². The zero-order valence-corrected chi connectivity index (χ0v) is 10.4. The Hall–Kier alpha value is -0.550. The van der Waals surface area contributed by atoms with Crippen molar-refractivity contribution in [3.63, 3.8) is 0 Å². The van der Waals surface area contributed by atoms with Gasteiger partial charge in [-0.05, 0) is 28.3 Å². The predicted octanol–water partition coefficient (Wildman–Crippen LogP) is 2.10. The van der Waals surface area contributed by atoms with Gasteiger partial charge < -0.3 is 9.67 Å². The molecule has 1 atom stereocenters. The second-order valence-electron chi connectivity index (χ2n) is 3.61. The first-order chi connectivity index (χ1) is 6.66. The number of fused-ring (bicyclic) bond motifs is 1. The Morgan fingerprint density at radius 2 is 2.47 bits per heavy atom. The SMILES string of the molecule is Cl.O=C(O)CC1CCc2ncc(Br)n2C1. The molecule has 1 aliphatic heterocycles. The van der Waals surface area contributed by atoms with E-state index in [9.17, 15) is 4.79 Å². The minimum atomic E-state index is -0.713. The van der Waals surface area contributed by atoms with E-state index in [1.807, 2.05) is 0 Å². The molecule has 0 saturated carbocycles. The normalized spacial score (nSPS) is 19.1. The summed E-state index contributed by atoms with van der Waals surface area (Å²) < 4.78 is 3.00. The molecule has 0 amide bonds. The van der Waals surface area contributed by atoms with E-state index >= 15 is 0 Å². The standard InChI is InChI=1S/C9H11BrN2O2.ClH/c10-7-4-11-8-2-1-6(3-9(13)14)5-12(7)8;/h4,6H,1-3,5H2,(H,13,14);1H. The molecule has 1 aromatic rings. The third-order valence-electron chi connectivity index (χ3n) is 2.57. The van der Waals surface area contributed by atoms with Crippen LogP contribution in [0.5, 0.6) is 0 Å².